The van der Waals surface area contributed by atoms with E-state index in [4.69, 9.17) is 5.11 Å². The molecule has 0 heterocycles. The van der Waals surface area contributed by atoms with Gasteiger partial charge in [0.25, 0.3) is 0 Å². The van der Waals surface area contributed by atoms with Gasteiger partial charge in [-0.15, -0.1) is 0 Å². The van der Waals surface area contributed by atoms with E-state index in [1.54, 1.807) is 0 Å². The van der Waals surface area contributed by atoms with Crippen LogP contribution in [0.3, 0.4) is 0 Å². The Labute approximate surface area is 98.8 Å². The molecule has 0 aliphatic carbocycles. The van der Waals surface area contributed by atoms with Gasteiger partial charge >= 0.3 is 0 Å². The SMILES string of the molecule is CCC(C)(C)NC(=O)C(C)NCC(C)CO. The number of carbonyl (C=O) groups is 1. The molecule has 16 heavy (non-hydrogen) atoms. The van der Waals surface area contributed by atoms with E-state index in [-0.39, 0.29) is 30.0 Å². The number of amides is 1. The maximum atomic E-state index is 11.8. The van der Waals surface area contributed by atoms with Crippen LogP contribution in [0.1, 0.15) is 41.0 Å². The van der Waals surface area contributed by atoms with E-state index in [1.807, 2.05) is 34.6 Å². The third-order valence-electron chi connectivity index (χ3n) is 2.82. The molecule has 4 heteroatoms. The standard InChI is InChI=1S/C12H26N2O2/c1-6-12(4,5)14-11(16)10(3)13-7-9(2)8-15/h9-10,13,15H,6-8H2,1-5H3,(H,14,16). The fraction of sp³-hybridized carbons (Fsp3) is 0.917. The Bertz CT molecular complexity index is 217. The lowest BCUT2D eigenvalue weighted by atomic mass is 10.0. The first-order valence-corrected chi connectivity index (χ1v) is 5.98. The average molecular weight is 230 g/mol. The van der Waals surface area contributed by atoms with Crippen molar-refractivity contribution < 1.29 is 9.90 Å². The van der Waals surface area contributed by atoms with Gasteiger partial charge in [0, 0.05) is 18.7 Å². The van der Waals surface area contributed by atoms with Crippen LogP contribution >= 0.6 is 0 Å². The average Bonchev–Trinajstić information content (AvgIpc) is 2.24. The number of hydrogen-bond acceptors (Lipinski definition) is 3. The van der Waals surface area contributed by atoms with Crippen molar-refractivity contribution in [1.29, 1.82) is 0 Å². The minimum Gasteiger partial charge on any atom is -0.396 e. The topological polar surface area (TPSA) is 61.4 Å². The maximum Gasteiger partial charge on any atom is 0.237 e. The zero-order valence-corrected chi connectivity index (χ0v) is 11.1. The Kier molecular flexibility index (Phi) is 6.60. The fourth-order valence-corrected chi connectivity index (χ4v) is 1.07. The zero-order valence-electron chi connectivity index (χ0n) is 11.1. The second-order valence-corrected chi connectivity index (χ2v) is 5.14. The van der Waals surface area contributed by atoms with Gasteiger partial charge in [0.05, 0.1) is 6.04 Å². The van der Waals surface area contributed by atoms with Gasteiger partial charge < -0.3 is 15.7 Å². The summed E-state index contributed by atoms with van der Waals surface area (Å²) in [5.74, 6) is 0.187. The summed E-state index contributed by atoms with van der Waals surface area (Å²) >= 11 is 0. The van der Waals surface area contributed by atoms with E-state index in [9.17, 15) is 4.79 Å². The van der Waals surface area contributed by atoms with Crippen molar-refractivity contribution in [3.63, 3.8) is 0 Å². The molecular weight excluding hydrogens is 204 g/mol. The summed E-state index contributed by atoms with van der Waals surface area (Å²) in [6.45, 7) is 10.6. The minimum atomic E-state index is -0.222. The molecule has 0 aliphatic rings. The second kappa shape index (κ2) is 6.86. The molecule has 0 aromatic heterocycles. The van der Waals surface area contributed by atoms with Gasteiger partial charge in [-0.25, -0.2) is 0 Å². The van der Waals surface area contributed by atoms with Crippen LogP contribution in [0.5, 0.6) is 0 Å². The normalized spacial score (nSPS) is 15.6. The Balaban J connectivity index is 4.00. The van der Waals surface area contributed by atoms with Gasteiger partial charge in [-0.05, 0) is 33.1 Å². The lowest BCUT2D eigenvalue weighted by molar-refractivity contribution is -0.124. The predicted molar refractivity (Wildman–Crippen MR) is 66.2 cm³/mol. The Morgan fingerprint density at radius 1 is 1.38 bits per heavy atom. The highest BCUT2D eigenvalue weighted by molar-refractivity contribution is 5.81. The molecule has 0 aromatic carbocycles. The van der Waals surface area contributed by atoms with Crippen LogP contribution in [-0.4, -0.2) is 35.7 Å². The molecule has 0 aromatic rings. The molecule has 3 N–H and O–H groups in total. The summed E-state index contributed by atoms with van der Waals surface area (Å²) in [6, 6.07) is -0.222. The molecule has 0 aliphatic heterocycles. The molecule has 2 atom stereocenters. The molecule has 0 spiro atoms. The highest BCUT2D eigenvalue weighted by Crippen LogP contribution is 2.07. The zero-order chi connectivity index (χ0) is 12.8. The first kappa shape index (κ1) is 15.4. The van der Waals surface area contributed by atoms with E-state index in [2.05, 4.69) is 10.6 Å². The summed E-state index contributed by atoms with van der Waals surface area (Å²) in [5.41, 5.74) is -0.157. The van der Waals surface area contributed by atoms with Crippen LogP contribution in [-0.2, 0) is 4.79 Å². The molecule has 0 bridgehead atoms. The highest BCUT2D eigenvalue weighted by atomic mass is 16.3. The smallest absolute Gasteiger partial charge is 0.237 e. The number of hydrogen-bond donors (Lipinski definition) is 3. The van der Waals surface area contributed by atoms with E-state index >= 15 is 0 Å². The van der Waals surface area contributed by atoms with Crippen molar-refractivity contribution in [2.24, 2.45) is 5.92 Å². The summed E-state index contributed by atoms with van der Waals surface area (Å²) in [4.78, 5) is 11.8. The highest BCUT2D eigenvalue weighted by Gasteiger charge is 2.21. The van der Waals surface area contributed by atoms with E-state index < -0.39 is 0 Å². The first-order chi connectivity index (χ1) is 7.32. The number of carbonyl (C=O) groups excluding carboxylic acids is 1. The van der Waals surface area contributed by atoms with Crippen molar-refractivity contribution in [3.05, 3.63) is 0 Å². The van der Waals surface area contributed by atoms with Crippen molar-refractivity contribution in [2.75, 3.05) is 13.2 Å². The van der Waals surface area contributed by atoms with Crippen LogP contribution in [0.15, 0.2) is 0 Å². The predicted octanol–water partition coefficient (Wildman–Crippen LogP) is 0.898. The van der Waals surface area contributed by atoms with Crippen LogP contribution in [0.25, 0.3) is 0 Å². The molecule has 0 saturated carbocycles. The molecule has 0 saturated heterocycles. The number of aliphatic hydroxyl groups excluding tert-OH is 1. The monoisotopic (exact) mass is 230 g/mol. The molecule has 0 radical (unpaired) electrons. The largest absolute Gasteiger partial charge is 0.396 e. The third kappa shape index (κ3) is 6.08. The quantitative estimate of drug-likeness (QED) is 0.609. The minimum absolute atomic E-state index is 0.0111. The lowest BCUT2D eigenvalue weighted by Gasteiger charge is -2.27. The van der Waals surface area contributed by atoms with Gasteiger partial charge in [0.1, 0.15) is 0 Å². The summed E-state index contributed by atoms with van der Waals surface area (Å²) in [7, 11) is 0. The number of aliphatic hydroxyl groups is 1. The van der Waals surface area contributed by atoms with Crippen molar-refractivity contribution >= 4 is 5.91 Å². The summed E-state index contributed by atoms with van der Waals surface area (Å²) < 4.78 is 0. The van der Waals surface area contributed by atoms with Crippen molar-refractivity contribution in [2.45, 2.75) is 52.6 Å². The third-order valence-corrected chi connectivity index (χ3v) is 2.82. The molecule has 0 fully saturated rings. The summed E-state index contributed by atoms with van der Waals surface area (Å²) in [6.07, 6.45) is 0.901. The Morgan fingerprint density at radius 2 is 1.94 bits per heavy atom. The molecular formula is C12H26N2O2. The first-order valence-electron chi connectivity index (χ1n) is 5.98. The molecule has 96 valence electrons. The van der Waals surface area contributed by atoms with Crippen LogP contribution in [0.4, 0.5) is 0 Å². The number of rotatable bonds is 7. The van der Waals surface area contributed by atoms with Crippen LogP contribution < -0.4 is 10.6 Å². The molecule has 4 nitrogen and oxygen atoms in total. The van der Waals surface area contributed by atoms with Gasteiger partial charge in [0.15, 0.2) is 0 Å². The van der Waals surface area contributed by atoms with Crippen molar-refractivity contribution in [3.8, 4) is 0 Å². The van der Waals surface area contributed by atoms with Gasteiger partial charge in [-0.3, -0.25) is 4.79 Å². The van der Waals surface area contributed by atoms with E-state index in [0.29, 0.717) is 6.54 Å². The molecule has 0 rings (SSSR count). The van der Waals surface area contributed by atoms with Gasteiger partial charge in [-0.2, -0.15) is 0 Å². The summed E-state index contributed by atoms with van der Waals surface area (Å²) in [5, 5.41) is 15.0. The Morgan fingerprint density at radius 3 is 2.38 bits per heavy atom. The van der Waals surface area contributed by atoms with E-state index in [1.165, 1.54) is 0 Å². The second-order valence-electron chi connectivity index (χ2n) is 5.14. The fourth-order valence-electron chi connectivity index (χ4n) is 1.07. The van der Waals surface area contributed by atoms with Crippen molar-refractivity contribution in [1.82, 2.24) is 10.6 Å². The molecule has 1 amide bonds. The molecule has 2 unspecified atom stereocenters. The lowest BCUT2D eigenvalue weighted by Crippen LogP contribution is -2.51. The Hall–Kier alpha value is -0.610. The van der Waals surface area contributed by atoms with Crippen LogP contribution in [0, 0.1) is 5.92 Å². The number of nitrogens with one attached hydrogen (secondary N) is 2. The van der Waals surface area contributed by atoms with Crippen LogP contribution in [0.2, 0.25) is 0 Å². The van der Waals surface area contributed by atoms with Gasteiger partial charge in [-0.1, -0.05) is 13.8 Å². The van der Waals surface area contributed by atoms with Gasteiger partial charge in [0.2, 0.25) is 5.91 Å². The maximum absolute atomic E-state index is 11.8. The van der Waals surface area contributed by atoms with E-state index in [0.717, 1.165) is 6.42 Å².